The summed E-state index contributed by atoms with van der Waals surface area (Å²) in [6.45, 7) is 4.42. The van der Waals surface area contributed by atoms with Crippen molar-refractivity contribution in [3.05, 3.63) is 69.6 Å². The number of benzene rings is 1. The van der Waals surface area contributed by atoms with Gasteiger partial charge in [-0.2, -0.15) is 0 Å². The number of thioether (sulfide) groups is 1. The second-order valence-corrected chi connectivity index (χ2v) is 11.1. The molecule has 1 fully saturated rings. The fraction of sp³-hybridized carbons (Fsp3) is 0.444. The third kappa shape index (κ3) is 7.31. The molecule has 1 aromatic carbocycles. The molecule has 11 heteroatoms. The molecule has 0 saturated carbocycles. The van der Waals surface area contributed by atoms with Crippen LogP contribution < -0.4 is 16.4 Å². The van der Waals surface area contributed by atoms with Crippen LogP contribution in [-0.4, -0.2) is 47.8 Å². The fourth-order valence-corrected chi connectivity index (χ4v) is 5.61. The highest BCUT2D eigenvalue weighted by Gasteiger charge is 2.32. The molecule has 4 rings (SSSR count). The predicted octanol–water partition coefficient (Wildman–Crippen LogP) is 3.25. The largest absolute Gasteiger partial charge is 0.386 e. The minimum atomic E-state index is -1.17. The van der Waals surface area contributed by atoms with Gasteiger partial charge in [0.25, 0.3) is 0 Å². The molecule has 0 radical (unpaired) electrons. The van der Waals surface area contributed by atoms with Crippen LogP contribution in [0.3, 0.4) is 0 Å². The summed E-state index contributed by atoms with van der Waals surface area (Å²) in [5.74, 6) is -0.801. The lowest BCUT2D eigenvalue weighted by molar-refractivity contribution is -0.126. The number of rotatable bonds is 11. The normalized spacial score (nSPS) is 19.6. The van der Waals surface area contributed by atoms with Crippen LogP contribution in [-0.2, 0) is 31.3 Å². The maximum Gasteiger partial charge on any atom is 0.247 e. The van der Waals surface area contributed by atoms with Crippen LogP contribution in [0, 0.1) is 5.82 Å². The highest BCUT2D eigenvalue weighted by molar-refractivity contribution is 8.03. The number of hydrogen-bond donors (Lipinski definition) is 4. The molecule has 3 heterocycles. The predicted molar refractivity (Wildman–Crippen MR) is 142 cm³/mol. The minimum absolute atomic E-state index is 0.0690. The Balaban J connectivity index is 1.35. The third-order valence-electron chi connectivity index (χ3n) is 6.36. The number of nitrogens with two attached hydrogens (primary N) is 1. The highest BCUT2D eigenvalue weighted by Crippen LogP contribution is 2.48. The van der Waals surface area contributed by atoms with E-state index in [4.69, 9.17) is 15.2 Å². The summed E-state index contributed by atoms with van der Waals surface area (Å²) in [5.41, 5.74) is 6.30. The van der Waals surface area contributed by atoms with Crippen molar-refractivity contribution in [1.29, 1.82) is 0 Å². The molecule has 0 aliphatic carbocycles. The van der Waals surface area contributed by atoms with Crippen LogP contribution in [0.4, 0.5) is 10.2 Å². The third-order valence-corrected chi connectivity index (χ3v) is 7.65. The van der Waals surface area contributed by atoms with E-state index in [2.05, 4.69) is 15.6 Å². The molecule has 1 aromatic heterocycles. The van der Waals surface area contributed by atoms with Gasteiger partial charge in [0.15, 0.2) is 0 Å². The smallest absolute Gasteiger partial charge is 0.247 e. The van der Waals surface area contributed by atoms with Crippen molar-refractivity contribution in [1.82, 2.24) is 10.3 Å². The van der Waals surface area contributed by atoms with Crippen LogP contribution in [0.25, 0.3) is 0 Å². The second kappa shape index (κ2) is 12.2. The number of amides is 2. The number of ether oxygens (including phenoxy) is 2. The van der Waals surface area contributed by atoms with Crippen molar-refractivity contribution in [2.24, 2.45) is 5.73 Å². The van der Waals surface area contributed by atoms with E-state index in [9.17, 15) is 19.1 Å². The van der Waals surface area contributed by atoms with Gasteiger partial charge in [-0.15, -0.1) is 0 Å². The number of primary amides is 1. The molecule has 0 bridgehead atoms. The molecule has 0 spiro atoms. The van der Waals surface area contributed by atoms with Crippen LogP contribution in [0.1, 0.15) is 55.2 Å². The van der Waals surface area contributed by atoms with Gasteiger partial charge in [-0.3, -0.25) is 9.59 Å². The van der Waals surface area contributed by atoms with E-state index >= 15 is 0 Å². The molecule has 1 saturated heterocycles. The highest BCUT2D eigenvalue weighted by atomic mass is 32.2. The topological polar surface area (TPSA) is 136 Å². The molecule has 2 amide bonds. The van der Waals surface area contributed by atoms with E-state index in [1.165, 1.54) is 17.8 Å². The monoisotopic (exact) mass is 544 g/mol. The molecule has 2 atom stereocenters. The lowest BCUT2D eigenvalue weighted by Crippen LogP contribution is -2.34. The van der Waals surface area contributed by atoms with E-state index in [1.807, 2.05) is 0 Å². The van der Waals surface area contributed by atoms with Crippen molar-refractivity contribution < 1.29 is 28.6 Å². The second-order valence-electron chi connectivity index (χ2n) is 9.85. The average Bonchev–Trinajstić information content (AvgIpc) is 3.53. The molecular weight excluding hydrogens is 511 g/mol. The fourth-order valence-electron chi connectivity index (χ4n) is 4.27. The summed E-state index contributed by atoms with van der Waals surface area (Å²) in [7, 11) is 0. The molecule has 204 valence electrons. The number of carbonyl (C=O) groups is 2. The Bertz CT molecular complexity index is 1210. The van der Waals surface area contributed by atoms with E-state index in [0.29, 0.717) is 39.8 Å². The first-order valence-electron chi connectivity index (χ1n) is 12.5. The van der Waals surface area contributed by atoms with Crippen LogP contribution in [0.15, 0.2) is 47.0 Å². The summed E-state index contributed by atoms with van der Waals surface area (Å²) in [4.78, 5) is 28.7. The Morgan fingerprint density at radius 1 is 1.32 bits per heavy atom. The van der Waals surface area contributed by atoms with Crippen LogP contribution in [0.2, 0.25) is 0 Å². The van der Waals surface area contributed by atoms with Crippen molar-refractivity contribution in [3.63, 3.8) is 0 Å². The zero-order valence-corrected chi connectivity index (χ0v) is 22.3. The number of nitrogens with one attached hydrogen (secondary N) is 2. The molecule has 2 aliphatic rings. The van der Waals surface area contributed by atoms with Gasteiger partial charge >= 0.3 is 0 Å². The number of pyridine rings is 1. The van der Waals surface area contributed by atoms with Crippen molar-refractivity contribution in [2.45, 2.75) is 56.7 Å². The molecule has 2 unspecified atom stereocenters. The summed E-state index contributed by atoms with van der Waals surface area (Å²) >= 11 is 1.30. The summed E-state index contributed by atoms with van der Waals surface area (Å²) < 4.78 is 25.9. The first-order valence-corrected chi connectivity index (χ1v) is 13.4. The average molecular weight is 545 g/mol. The summed E-state index contributed by atoms with van der Waals surface area (Å²) in [6, 6.07) is 9.91. The van der Waals surface area contributed by atoms with Gasteiger partial charge < -0.3 is 30.9 Å². The Labute approximate surface area is 225 Å². The van der Waals surface area contributed by atoms with Crippen LogP contribution in [0.5, 0.6) is 0 Å². The van der Waals surface area contributed by atoms with Gasteiger partial charge in [0, 0.05) is 29.5 Å². The number of aromatic nitrogens is 1. The maximum absolute atomic E-state index is 14.9. The van der Waals surface area contributed by atoms with Gasteiger partial charge in [-0.05, 0) is 56.9 Å². The van der Waals surface area contributed by atoms with Gasteiger partial charge in [-0.25, -0.2) is 9.37 Å². The molecule has 9 nitrogen and oxygen atoms in total. The number of aliphatic hydroxyl groups is 1. The van der Waals surface area contributed by atoms with Crippen molar-refractivity contribution in [3.8, 4) is 0 Å². The SMILES string of the molecule is CC(C)(O)c1ccc(C2CC(C(N)=O)=C(Nc3cccc(COCC(=O)NCC4CCCO4)n3)S2)c(F)c1. The van der Waals surface area contributed by atoms with E-state index < -0.39 is 17.3 Å². The van der Waals surface area contributed by atoms with E-state index in [-0.39, 0.29) is 36.9 Å². The number of nitrogens with zero attached hydrogens (tertiary/aromatic N) is 1. The standard InChI is InChI=1S/C27H33FN4O5S/c1-27(2,35)16-8-9-19(21(28)11-16)22-12-20(25(29)34)26(38-22)32-23-7-3-5-17(31-23)14-36-15-24(33)30-13-18-6-4-10-37-18/h3,5,7-9,11,18,22,35H,4,6,10,12-15H2,1-2H3,(H2,29,34)(H,30,33)(H,31,32). The number of halogens is 1. The first-order chi connectivity index (χ1) is 18.1. The van der Waals surface area contributed by atoms with E-state index in [1.54, 1.807) is 44.2 Å². The Kier molecular flexibility index (Phi) is 9.03. The lowest BCUT2D eigenvalue weighted by atomic mass is 9.95. The van der Waals surface area contributed by atoms with Gasteiger partial charge in [0.1, 0.15) is 18.2 Å². The van der Waals surface area contributed by atoms with E-state index in [0.717, 1.165) is 19.4 Å². The Morgan fingerprint density at radius 3 is 2.82 bits per heavy atom. The number of hydrogen-bond acceptors (Lipinski definition) is 8. The Morgan fingerprint density at radius 2 is 2.13 bits per heavy atom. The number of anilines is 1. The lowest BCUT2D eigenvalue weighted by Gasteiger charge is -2.20. The minimum Gasteiger partial charge on any atom is -0.386 e. The zero-order chi connectivity index (χ0) is 27.3. The summed E-state index contributed by atoms with van der Waals surface area (Å²) in [5, 5.41) is 16.3. The number of carbonyl (C=O) groups excluding carboxylic acids is 2. The van der Waals surface area contributed by atoms with Gasteiger partial charge in [-0.1, -0.05) is 30.0 Å². The van der Waals surface area contributed by atoms with Crippen molar-refractivity contribution in [2.75, 3.05) is 25.1 Å². The molecule has 5 N–H and O–H groups in total. The molecular formula is C27H33FN4O5S. The quantitative estimate of drug-likeness (QED) is 0.339. The molecule has 2 aliphatic heterocycles. The Hall–Kier alpha value is -2.99. The van der Waals surface area contributed by atoms with Gasteiger partial charge in [0.2, 0.25) is 11.8 Å². The first kappa shape index (κ1) is 28.0. The zero-order valence-electron chi connectivity index (χ0n) is 21.5. The van der Waals surface area contributed by atoms with Gasteiger partial charge in [0.05, 0.1) is 29.0 Å². The summed E-state index contributed by atoms with van der Waals surface area (Å²) in [6.07, 6.45) is 2.28. The maximum atomic E-state index is 14.9. The molecule has 38 heavy (non-hydrogen) atoms. The molecule has 2 aromatic rings. The van der Waals surface area contributed by atoms with Crippen molar-refractivity contribution >= 4 is 29.4 Å². The van der Waals surface area contributed by atoms with Crippen LogP contribution >= 0.6 is 11.8 Å².